The molecule has 2 aromatic rings. The molecule has 0 saturated carbocycles. The van der Waals surface area contributed by atoms with Crippen molar-refractivity contribution < 1.29 is 28.6 Å². The lowest BCUT2D eigenvalue weighted by Crippen LogP contribution is -2.51. The van der Waals surface area contributed by atoms with E-state index in [4.69, 9.17) is 14.2 Å². The van der Waals surface area contributed by atoms with Gasteiger partial charge in [-0.1, -0.05) is 18.2 Å². The number of methoxy groups -OCH3 is 1. The molecule has 0 spiro atoms. The van der Waals surface area contributed by atoms with Crippen molar-refractivity contribution >= 4 is 23.6 Å². The molecule has 2 saturated heterocycles. The van der Waals surface area contributed by atoms with Gasteiger partial charge in [-0.25, -0.2) is 9.69 Å². The summed E-state index contributed by atoms with van der Waals surface area (Å²) >= 11 is 0. The van der Waals surface area contributed by atoms with E-state index < -0.39 is 35.4 Å². The maximum absolute atomic E-state index is 13.8. The maximum atomic E-state index is 13.8. The van der Waals surface area contributed by atoms with Crippen LogP contribution in [0.15, 0.2) is 48.5 Å². The van der Waals surface area contributed by atoms with Gasteiger partial charge in [0.25, 0.3) is 5.91 Å². The number of benzene rings is 2. The first-order valence-corrected chi connectivity index (χ1v) is 10.6. The van der Waals surface area contributed by atoms with Crippen molar-refractivity contribution in [1.82, 2.24) is 4.90 Å². The molecule has 0 N–H and O–H groups in total. The molecule has 5 rings (SSSR count). The lowest BCUT2D eigenvalue weighted by atomic mass is 9.77. The second-order valence-electron chi connectivity index (χ2n) is 8.33. The number of amides is 3. The lowest BCUT2D eigenvalue weighted by molar-refractivity contribution is -0.154. The Morgan fingerprint density at radius 1 is 1.16 bits per heavy atom. The van der Waals surface area contributed by atoms with Crippen LogP contribution in [0.4, 0.5) is 10.5 Å². The van der Waals surface area contributed by atoms with Gasteiger partial charge in [-0.15, -0.1) is 0 Å². The smallest absolute Gasteiger partial charge is 0.332 e. The van der Waals surface area contributed by atoms with Crippen molar-refractivity contribution in [2.24, 2.45) is 11.8 Å². The van der Waals surface area contributed by atoms with Crippen LogP contribution < -0.4 is 14.4 Å². The van der Waals surface area contributed by atoms with Gasteiger partial charge in [0, 0.05) is 11.5 Å². The number of carbonyl (C=O) groups excluding carboxylic acids is 3. The third-order valence-corrected chi connectivity index (χ3v) is 6.79. The van der Waals surface area contributed by atoms with E-state index in [1.54, 1.807) is 50.1 Å². The van der Waals surface area contributed by atoms with Gasteiger partial charge in [0.2, 0.25) is 0 Å². The number of anilines is 1. The van der Waals surface area contributed by atoms with E-state index >= 15 is 0 Å². The van der Waals surface area contributed by atoms with E-state index in [9.17, 15) is 14.4 Å². The number of rotatable bonds is 4. The number of imide groups is 1. The van der Waals surface area contributed by atoms with E-state index in [-0.39, 0.29) is 19.1 Å². The molecule has 3 aliphatic heterocycles. The first-order chi connectivity index (χ1) is 15.4. The fourth-order valence-corrected chi connectivity index (χ4v) is 5.40. The molecule has 3 amide bonds. The molecular formula is C24H24N2O6. The maximum Gasteiger partial charge on any atom is 0.332 e. The first-order valence-electron chi connectivity index (χ1n) is 10.6. The van der Waals surface area contributed by atoms with Gasteiger partial charge < -0.3 is 19.1 Å². The zero-order valence-corrected chi connectivity index (χ0v) is 18.1. The highest BCUT2D eigenvalue weighted by Gasteiger charge is 2.72. The van der Waals surface area contributed by atoms with E-state index in [0.29, 0.717) is 17.2 Å². The Balaban J connectivity index is 1.65. The average molecular weight is 436 g/mol. The van der Waals surface area contributed by atoms with Crippen molar-refractivity contribution in [2.75, 3.05) is 25.2 Å². The summed E-state index contributed by atoms with van der Waals surface area (Å²) in [5.74, 6) is -0.905. The lowest BCUT2D eigenvalue weighted by Gasteiger charge is -2.34. The average Bonchev–Trinajstić information content (AvgIpc) is 3.19. The molecule has 0 bridgehead atoms. The van der Waals surface area contributed by atoms with E-state index in [1.165, 1.54) is 0 Å². The summed E-state index contributed by atoms with van der Waals surface area (Å²) in [7, 11) is 1.55. The monoisotopic (exact) mass is 436 g/mol. The van der Waals surface area contributed by atoms with Gasteiger partial charge in [0.15, 0.2) is 0 Å². The second kappa shape index (κ2) is 7.25. The van der Waals surface area contributed by atoms with Crippen LogP contribution in [-0.2, 0) is 14.3 Å². The topological polar surface area (TPSA) is 85.4 Å². The zero-order valence-electron chi connectivity index (χ0n) is 18.1. The highest BCUT2D eigenvalue weighted by molar-refractivity contribution is 6.24. The summed E-state index contributed by atoms with van der Waals surface area (Å²) < 4.78 is 16.5. The summed E-state index contributed by atoms with van der Waals surface area (Å²) in [6.07, 6.45) is 0. The molecule has 8 heteroatoms. The normalized spacial score (nSPS) is 28.0. The molecule has 166 valence electrons. The van der Waals surface area contributed by atoms with E-state index in [2.05, 4.69) is 0 Å². The number of esters is 1. The second-order valence-corrected chi connectivity index (χ2v) is 8.33. The molecule has 3 heterocycles. The van der Waals surface area contributed by atoms with Crippen LogP contribution in [0.5, 0.6) is 11.5 Å². The molecule has 2 aromatic carbocycles. The van der Waals surface area contributed by atoms with Crippen LogP contribution in [-0.4, -0.2) is 48.7 Å². The van der Waals surface area contributed by atoms with Gasteiger partial charge in [0.05, 0.1) is 38.0 Å². The third kappa shape index (κ3) is 2.58. The molecule has 2 fully saturated rings. The summed E-state index contributed by atoms with van der Waals surface area (Å²) in [5, 5.41) is 0. The Bertz CT molecular complexity index is 1100. The highest BCUT2D eigenvalue weighted by Crippen LogP contribution is 2.58. The zero-order chi connectivity index (χ0) is 22.6. The standard InChI is InChI=1S/C24H24N2O6/c1-4-31-21(27)19-17-13-32-18-8-6-5-7-16(18)20(17)26-23(29)25(22(28)24(19,26)2)14-9-11-15(30-3)12-10-14/h5-12,17,19-20H,4,13H2,1-3H3/t17-,19+,20+,24+/m1/s1. The van der Waals surface area contributed by atoms with Gasteiger partial charge in [-0.2, -0.15) is 0 Å². The molecule has 0 radical (unpaired) electrons. The fourth-order valence-electron chi connectivity index (χ4n) is 5.40. The number of fused-ring (bicyclic) bond motifs is 5. The first kappa shape index (κ1) is 20.4. The minimum Gasteiger partial charge on any atom is -0.497 e. The Hall–Kier alpha value is -3.55. The highest BCUT2D eigenvalue weighted by atomic mass is 16.5. The Labute approximate surface area is 185 Å². The van der Waals surface area contributed by atoms with Crippen molar-refractivity contribution in [3.63, 3.8) is 0 Å². The van der Waals surface area contributed by atoms with Gasteiger partial charge in [0.1, 0.15) is 17.0 Å². The molecule has 4 atom stereocenters. The van der Waals surface area contributed by atoms with Crippen LogP contribution in [0.2, 0.25) is 0 Å². The molecule has 0 aliphatic carbocycles. The number of ether oxygens (including phenoxy) is 3. The molecule has 0 unspecified atom stereocenters. The van der Waals surface area contributed by atoms with Crippen LogP contribution in [0.1, 0.15) is 25.5 Å². The van der Waals surface area contributed by atoms with Crippen LogP contribution >= 0.6 is 0 Å². The number of urea groups is 1. The van der Waals surface area contributed by atoms with Crippen molar-refractivity contribution in [1.29, 1.82) is 0 Å². The number of para-hydroxylation sites is 1. The van der Waals surface area contributed by atoms with Crippen molar-refractivity contribution in [3.05, 3.63) is 54.1 Å². The fraction of sp³-hybridized carbons (Fsp3) is 0.375. The van der Waals surface area contributed by atoms with Gasteiger partial charge in [-0.3, -0.25) is 9.59 Å². The Morgan fingerprint density at radius 3 is 2.56 bits per heavy atom. The number of hydrogen-bond acceptors (Lipinski definition) is 6. The summed E-state index contributed by atoms with van der Waals surface area (Å²) in [4.78, 5) is 43.4. The minimum atomic E-state index is -1.39. The minimum absolute atomic E-state index is 0.185. The number of carbonyl (C=O) groups is 3. The predicted molar refractivity (Wildman–Crippen MR) is 114 cm³/mol. The van der Waals surface area contributed by atoms with E-state index in [1.807, 2.05) is 24.3 Å². The van der Waals surface area contributed by atoms with Crippen LogP contribution in [0.3, 0.4) is 0 Å². The SMILES string of the molecule is CCOC(=O)[C@@H]1[C@H]2COc3ccccc3[C@@H]2N2C(=O)N(c3ccc(OC)cc3)C(=O)[C@]12C. The molecule has 8 nitrogen and oxygen atoms in total. The predicted octanol–water partition coefficient (Wildman–Crippen LogP) is 3.17. The van der Waals surface area contributed by atoms with Crippen molar-refractivity contribution in [3.8, 4) is 11.5 Å². The molecule has 0 aromatic heterocycles. The molecule has 32 heavy (non-hydrogen) atoms. The van der Waals surface area contributed by atoms with Crippen molar-refractivity contribution in [2.45, 2.75) is 25.4 Å². The number of hydrogen-bond donors (Lipinski definition) is 0. The summed E-state index contributed by atoms with van der Waals surface area (Å²) in [6.45, 7) is 3.80. The Morgan fingerprint density at radius 2 is 1.88 bits per heavy atom. The largest absolute Gasteiger partial charge is 0.497 e. The summed E-state index contributed by atoms with van der Waals surface area (Å²) in [6, 6.07) is 13.2. The van der Waals surface area contributed by atoms with Gasteiger partial charge >= 0.3 is 12.0 Å². The molecule has 3 aliphatic rings. The molecular weight excluding hydrogens is 412 g/mol. The quantitative estimate of drug-likeness (QED) is 0.541. The van der Waals surface area contributed by atoms with Gasteiger partial charge in [-0.05, 0) is 44.2 Å². The third-order valence-electron chi connectivity index (χ3n) is 6.79. The van der Waals surface area contributed by atoms with Crippen LogP contribution in [0.25, 0.3) is 0 Å². The van der Waals surface area contributed by atoms with E-state index in [0.717, 1.165) is 10.5 Å². The van der Waals surface area contributed by atoms with Crippen LogP contribution in [0, 0.1) is 11.8 Å². The number of nitrogens with zero attached hydrogens (tertiary/aromatic N) is 2. The summed E-state index contributed by atoms with van der Waals surface area (Å²) in [5.41, 5.74) is -0.171. The Kier molecular flexibility index (Phi) is 4.62.